The molecular formula is C36H57N5O10. The Balaban J connectivity index is 1.70. The average molecular weight is 720 g/mol. The van der Waals surface area contributed by atoms with Crippen molar-refractivity contribution in [3.8, 4) is 0 Å². The predicted octanol–water partition coefficient (Wildman–Crippen LogP) is 1.57. The predicted molar refractivity (Wildman–Crippen MR) is 191 cm³/mol. The lowest BCUT2D eigenvalue weighted by Crippen LogP contribution is -2.45. The van der Waals surface area contributed by atoms with E-state index in [1.807, 2.05) is 24.3 Å². The van der Waals surface area contributed by atoms with Gasteiger partial charge in [-0.1, -0.05) is 54.7 Å². The molecule has 5 atom stereocenters. The highest BCUT2D eigenvalue weighted by Crippen LogP contribution is 2.45. The number of fused-ring (bicyclic) bond motifs is 1. The maximum atomic E-state index is 13.0. The summed E-state index contributed by atoms with van der Waals surface area (Å²) in [7, 11) is 1.55. The van der Waals surface area contributed by atoms with E-state index >= 15 is 0 Å². The number of esters is 1. The zero-order valence-corrected chi connectivity index (χ0v) is 30.5. The molecule has 15 heteroatoms. The highest BCUT2D eigenvalue weighted by molar-refractivity contribution is 5.81. The van der Waals surface area contributed by atoms with Crippen molar-refractivity contribution in [3.05, 3.63) is 60.3 Å². The van der Waals surface area contributed by atoms with Crippen molar-refractivity contribution in [2.24, 2.45) is 17.8 Å². The van der Waals surface area contributed by atoms with Gasteiger partial charge in [-0.25, -0.2) is 15.1 Å². The zero-order valence-electron chi connectivity index (χ0n) is 30.5. The molecule has 51 heavy (non-hydrogen) atoms. The van der Waals surface area contributed by atoms with Gasteiger partial charge < -0.3 is 40.0 Å². The number of hydroxylamine groups is 1. The number of carbonyl (C=O) groups excluding carboxylic acids is 4. The summed E-state index contributed by atoms with van der Waals surface area (Å²) >= 11 is 0. The van der Waals surface area contributed by atoms with Gasteiger partial charge in [-0.3, -0.25) is 19.7 Å². The molecule has 2 aliphatic carbocycles. The molecule has 0 heterocycles. The van der Waals surface area contributed by atoms with Gasteiger partial charge in [-0.05, 0) is 52.0 Å². The number of aliphatic hydroxyl groups excluding tert-OH is 1. The highest BCUT2D eigenvalue weighted by Gasteiger charge is 2.39. The number of ether oxygens (including phenoxy) is 4. The largest absolute Gasteiger partial charge is 0.458 e. The molecule has 0 aliphatic heterocycles. The van der Waals surface area contributed by atoms with Crippen molar-refractivity contribution in [1.29, 1.82) is 0 Å². The number of amides is 3. The standard InChI is InChI=1S/C36H57N5O10/c1-7-8-11-27-25(2)26-12-9-10-13-28(26)29(27)22-49-35(46)41-30(34(45)51-36(3,4)5)14-15-31(42)40-18-19-47-20-21-48-23-32(43)38-16-17-39-33(44)24-50-37-6/h7-13,26,28-31,37,40,42H,1,14-24H2,2-6H3,(H,38,43)(H,39,44)(H,41,46)/b11-8-/t26?,28-,29?,30-,31-/m0/s1. The fraction of sp³-hybridized carbons (Fsp3) is 0.611. The Bertz CT molecular complexity index is 1260. The third kappa shape index (κ3) is 17.3. The van der Waals surface area contributed by atoms with Gasteiger partial charge in [0.1, 0.15) is 37.7 Å². The summed E-state index contributed by atoms with van der Waals surface area (Å²) in [5.41, 5.74) is 3.92. The van der Waals surface area contributed by atoms with Crippen LogP contribution in [0.25, 0.3) is 0 Å². The van der Waals surface area contributed by atoms with Crippen molar-refractivity contribution in [2.75, 3.05) is 66.3 Å². The molecule has 0 aromatic heterocycles. The quantitative estimate of drug-likeness (QED) is 0.0278. The third-order valence-electron chi connectivity index (χ3n) is 7.86. The zero-order chi connectivity index (χ0) is 37.6. The summed E-state index contributed by atoms with van der Waals surface area (Å²) in [6, 6.07) is -1.04. The van der Waals surface area contributed by atoms with Crippen LogP contribution in [0.3, 0.4) is 0 Å². The maximum absolute atomic E-state index is 13.0. The summed E-state index contributed by atoms with van der Waals surface area (Å²) in [6.45, 7) is 12.4. The van der Waals surface area contributed by atoms with Crippen LogP contribution >= 0.6 is 0 Å². The van der Waals surface area contributed by atoms with Gasteiger partial charge in [0.15, 0.2) is 0 Å². The second kappa shape index (κ2) is 23.6. The number of aliphatic hydroxyl groups is 1. The molecule has 0 saturated carbocycles. The normalized spacial score (nSPS) is 19.4. The number of rotatable bonds is 24. The van der Waals surface area contributed by atoms with Gasteiger partial charge in [-0.15, -0.1) is 0 Å². The number of alkyl carbamates (subject to hydrolysis) is 1. The summed E-state index contributed by atoms with van der Waals surface area (Å²) in [5.74, 6) is -0.943. The first-order valence-corrected chi connectivity index (χ1v) is 17.3. The second-order valence-corrected chi connectivity index (χ2v) is 12.9. The number of carbonyl (C=O) groups is 4. The molecule has 0 aromatic rings. The summed E-state index contributed by atoms with van der Waals surface area (Å²) in [6.07, 6.45) is 12.4. The first kappa shape index (κ1) is 43.3. The van der Waals surface area contributed by atoms with Gasteiger partial charge in [-0.2, -0.15) is 0 Å². The van der Waals surface area contributed by atoms with Crippen LogP contribution in [0.15, 0.2) is 60.3 Å². The fourth-order valence-corrected chi connectivity index (χ4v) is 5.49. The minimum absolute atomic E-state index is 0.0566. The van der Waals surface area contributed by atoms with Crippen LogP contribution in [0.4, 0.5) is 4.79 Å². The molecule has 0 spiro atoms. The summed E-state index contributed by atoms with van der Waals surface area (Å²) < 4.78 is 21.9. The second-order valence-electron chi connectivity index (χ2n) is 12.9. The summed E-state index contributed by atoms with van der Waals surface area (Å²) in [5, 5.41) is 21.2. The van der Waals surface area contributed by atoms with Gasteiger partial charge in [0.2, 0.25) is 11.8 Å². The van der Waals surface area contributed by atoms with Crippen molar-refractivity contribution in [3.63, 3.8) is 0 Å². The molecule has 15 nitrogen and oxygen atoms in total. The molecular weight excluding hydrogens is 662 g/mol. The molecule has 2 rings (SSSR count). The van der Waals surface area contributed by atoms with Crippen LogP contribution in [0.1, 0.15) is 40.5 Å². The first-order chi connectivity index (χ1) is 24.4. The van der Waals surface area contributed by atoms with Crippen LogP contribution in [0, 0.1) is 17.8 Å². The van der Waals surface area contributed by atoms with E-state index in [0.29, 0.717) is 6.54 Å². The molecule has 286 valence electrons. The lowest BCUT2D eigenvalue weighted by Gasteiger charge is -2.26. The molecule has 3 amide bonds. The Labute approximate surface area is 301 Å². The highest BCUT2D eigenvalue weighted by atomic mass is 16.6. The van der Waals surface area contributed by atoms with E-state index in [9.17, 15) is 24.3 Å². The molecule has 0 aromatic carbocycles. The smallest absolute Gasteiger partial charge is 0.407 e. The third-order valence-corrected chi connectivity index (χ3v) is 7.86. The molecule has 2 unspecified atom stereocenters. The molecule has 0 radical (unpaired) electrons. The van der Waals surface area contributed by atoms with E-state index in [0.717, 1.165) is 5.57 Å². The minimum Gasteiger partial charge on any atom is -0.458 e. The van der Waals surface area contributed by atoms with E-state index < -0.39 is 29.9 Å². The van der Waals surface area contributed by atoms with Gasteiger partial charge in [0.05, 0.1) is 19.8 Å². The Hall–Kier alpha value is -3.86. The Morgan fingerprint density at radius 2 is 1.65 bits per heavy atom. The van der Waals surface area contributed by atoms with Gasteiger partial charge >= 0.3 is 12.1 Å². The van der Waals surface area contributed by atoms with E-state index in [-0.39, 0.29) is 95.1 Å². The van der Waals surface area contributed by atoms with Crippen molar-refractivity contribution in [1.82, 2.24) is 26.7 Å². The van der Waals surface area contributed by atoms with E-state index in [1.54, 1.807) is 33.9 Å². The van der Waals surface area contributed by atoms with E-state index in [2.05, 4.69) is 52.4 Å². The van der Waals surface area contributed by atoms with Crippen molar-refractivity contribution >= 4 is 23.9 Å². The SMILES string of the molecule is C=C/C=C\C1=C(C)C2C=CC=C[C@@H]2C1COC(=O)N[C@@H](CC[C@H](O)NCCOCCOCC(=O)NCCNC(=O)CONC)C(=O)OC(C)(C)C. The van der Waals surface area contributed by atoms with Crippen LogP contribution < -0.4 is 26.7 Å². The molecule has 2 aliphatic rings. The van der Waals surface area contributed by atoms with Crippen LogP contribution in [-0.4, -0.2) is 113 Å². The van der Waals surface area contributed by atoms with Crippen molar-refractivity contribution in [2.45, 2.75) is 58.4 Å². The average Bonchev–Trinajstić information content (AvgIpc) is 3.35. The molecule has 6 N–H and O–H groups in total. The van der Waals surface area contributed by atoms with Crippen molar-refractivity contribution < 1.29 is 48.1 Å². The Kier molecular flexibility index (Phi) is 20.0. The molecule has 0 saturated heterocycles. The van der Waals surface area contributed by atoms with Crippen LogP contribution in [0.2, 0.25) is 0 Å². The van der Waals surface area contributed by atoms with E-state index in [1.165, 1.54) is 5.57 Å². The lowest BCUT2D eigenvalue weighted by atomic mass is 9.83. The lowest BCUT2D eigenvalue weighted by molar-refractivity contribution is -0.157. The number of hydrogen-bond donors (Lipinski definition) is 6. The van der Waals surface area contributed by atoms with Gasteiger partial charge in [0, 0.05) is 38.5 Å². The Morgan fingerprint density at radius 1 is 0.961 bits per heavy atom. The summed E-state index contributed by atoms with van der Waals surface area (Å²) in [4.78, 5) is 53.9. The Morgan fingerprint density at radius 3 is 2.33 bits per heavy atom. The maximum Gasteiger partial charge on any atom is 0.407 e. The monoisotopic (exact) mass is 719 g/mol. The fourth-order valence-electron chi connectivity index (χ4n) is 5.49. The minimum atomic E-state index is -1.04. The number of hydrogen-bond acceptors (Lipinski definition) is 12. The first-order valence-electron chi connectivity index (χ1n) is 17.3. The van der Waals surface area contributed by atoms with E-state index in [4.69, 9.17) is 23.8 Å². The number of nitrogens with one attached hydrogen (secondary N) is 5. The molecule has 0 fully saturated rings. The van der Waals surface area contributed by atoms with Crippen LogP contribution in [0.5, 0.6) is 0 Å². The number of allylic oxidation sites excluding steroid dienone is 8. The molecule has 0 bridgehead atoms. The van der Waals surface area contributed by atoms with Crippen LogP contribution in [-0.2, 0) is 38.2 Å². The topological polar surface area (TPSA) is 195 Å². The van der Waals surface area contributed by atoms with Gasteiger partial charge in [0.25, 0.3) is 0 Å².